The highest BCUT2D eigenvalue weighted by Crippen LogP contribution is 2.21. The summed E-state index contributed by atoms with van der Waals surface area (Å²) in [7, 11) is 1.79. The maximum absolute atomic E-state index is 5.66. The highest BCUT2D eigenvalue weighted by Gasteiger charge is 2.18. The summed E-state index contributed by atoms with van der Waals surface area (Å²) in [6.07, 6.45) is 5.79. The number of rotatable bonds is 4. The summed E-state index contributed by atoms with van der Waals surface area (Å²) in [5.74, 6) is 0.674. The summed E-state index contributed by atoms with van der Waals surface area (Å²) < 4.78 is 5.28. The lowest BCUT2D eigenvalue weighted by molar-refractivity contribution is 0.124. The summed E-state index contributed by atoms with van der Waals surface area (Å²) in [4.78, 5) is 7.87. The monoisotopic (exact) mass is 255 g/mol. The third-order valence-corrected chi connectivity index (χ3v) is 4.02. The van der Waals surface area contributed by atoms with Crippen molar-refractivity contribution in [1.29, 1.82) is 0 Å². The third-order valence-electron chi connectivity index (χ3n) is 3.21. The van der Waals surface area contributed by atoms with Crippen molar-refractivity contribution in [2.45, 2.75) is 25.8 Å². The van der Waals surface area contributed by atoms with Gasteiger partial charge < -0.3 is 10.5 Å². The zero-order chi connectivity index (χ0) is 12.1. The zero-order valence-corrected chi connectivity index (χ0v) is 11.2. The molecule has 0 spiro atoms. The minimum Gasteiger partial charge on any atom is -0.384 e. The van der Waals surface area contributed by atoms with Crippen molar-refractivity contribution in [1.82, 2.24) is 9.88 Å². The third kappa shape index (κ3) is 3.94. The van der Waals surface area contributed by atoms with Crippen molar-refractivity contribution < 1.29 is 4.74 Å². The average Bonchev–Trinajstić information content (AvgIpc) is 2.58. The van der Waals surface area contributed by atoms with Crippen LogP contribution in [0.1, 0.15) is 24.1 Å². The minimum absolute atomic E-state index is 0.670. The molecular weight excluding hydrogens is 234 g/mol. The van der Waals surface area contributed by atoms with Crippen LogP contribution in [0.25, 0.3) is 0 Å². The van der Waals surface area contributed by atoms with Gasteiger partial charge in [0.2, 0.25) is 0 Å². The molecule has 1 unspecified atom stereocenters. The van der Waals surface area contributed by atoms with E-state index in [9.17, 15) is 0 Å². The molecule has 2 N–H and O–H groups in total. The molecule has 1 aromatic heterocycles. The number of nitrogens with zero attached hydrogens (tertiary/aromatic N) is 2. The number of ether oxygens (including phenoxy) is 1. The molecule has 1 fully saturated rings. The lowest BCUT2D eigenvalue weighted by Gasteiger charge is -2.23. The Hall–Kier alpha value is -0.650. The molecule has 2 rings (SSSR count). The SMILES string of the molecule is COCC1CCCCN(Cc2cnc(N)s2)C1. The summed E-state index contributed by atoms with van der Waals surface area (Å²) >= 11 is 1.60. The summed E-state index contributed by atoms with van der Waals surface area (Å²) in [5, 5.41) is 0.670. The lowest BCUT2D eigenvalue weighted by atomic mass is 10.0. The molecular formula is C12H21N3OS. The molecule has 1 aliphatic rings. The van der Waals surface area contributed by atoms with Gasteiger partial charge in [-0.15, -0.1) is 11.3 Å². The quantitative estimate of drug-likeness (QED) is 0.893. The molecule has 1 aromatic rings. The first-order valence-electron chi connectivity index (χ1n) is 6.19. The summed E-state index contributed by atoms with van der Waals surface area (Å²) in [6.45, 7) is 4.17. The Morgan fingerprint density at radius 2 is 2.47 bits per heavy atom. The number of thiazole rings is 1. The molecule has 0 aromatic carbocycles. The molecule has 1 saturated heterocycles. The van der Waals surface area contributed by atoms with Crippen LogP contribution in [-0.4, -0.2) is 36.7 Å². The maximum Gasteiger partial charge on any atom is 0.180 e. The van der Waals surface area contributed by atoms with Gasteiger partial charge in [0, 0.05) is 31.3 Å². The first-order valence-corrected chi connectivity index (χ1v) is 7.01. The second-order valence-electron chi connectivity index (χ2n) is 4.72. The van der Waals surface area contributed by atoms with E-state index in [0.29, 0.717) is 11.0 Å². The Kier molecular flexibility index (Phi) is 4.76. The van der Waals surface area contributed by atoms with Crippen LogP contribution in [0.5, 0.6) is 0 Å². The largest absolute Gasteiger partial charge is 0.384 e. The first kappa shape index (κ1) is 12.8. The fraction of sp³-hybridized carbons (Fsp3) is 0.750. The van der Waals surface area contributed by atoms with Crippen LogP contribution in [0, 0.1) is 5.92 Å². The van der Waals surface area contributed by atoms with Gasteiger partial charge in [0.15, 0.2) is 5.13 Å². The fourth-order valence-corrected chi connectivity index (χ4v) is 3.17. The first-order chi connectivity index (χ1) is 8.28. The van der Waals surface area contributed by atoms with E-state index in [0.717, 1.165) is 19.7 Å². The molecule has 2 heterocycles. The van der Waals surface area contributed by atoms with Crippen molar-refractivity contribution in [3.8, 4) is 0 Å². The standard InChI is InChI=1S/C12H21N3OS/c1-16-9-10-4-2-3-5-15(7-10)8-11-6-14-12(13)17-11/h6,10H,2-5,7-9H2,1H3,(H2,13,14). The molecule has 96 valence electrons. The van der Waals surface area contributed by atoms with E-state index >= 15 is 0 Å². The van der Waals surface area contributed by atoms with Gasteiger partial charge in [-0.3, -0.25) is 4.90 Å². The van der Waals surface area contributed by atoms with Crippen molar-refractivity contribution in [3.63, 3.8) is 0 Å². The number of likely N-dealkylation sites (tertiary alicyclic amines) is 1. The molecule has 0 radical (unpaired) electrons. The van der Waals surface area contributed by atoms with Crippen LogP contribution in [0.15, 0.2) is 6.20 Å². The topological polar surface area (TPSA) is 51.4 Å². The second kappa shape index (κ2) is 6.33. The Bertz CT molecular complexity index is 342. The maximum atomic E-state index is 5.66. The van der Waals surface area contributed by atoms with E-state index < -0.39 is 0 Å². The second-order valence-corrected chi connectivity index (χ2v) is 5.86. The number of nitrogen functional groups attached to an aromatic ring is 1. The van der Waals surface area contributed by atoms with Crippen LogP contribution >= 0.6 is 11.3 Å². The van der Waals surface area contributed by atoms with Gasteiger partial charge in [-0.05, 0) is 25.3 Å². The molecule has 4 nitrogen and oxygen atoms in total. The van der Waals surface area contributed by atoms with Crippen molar-refractivity contribution in [2.24, 2.45) is 5.92 Å². The van der Waals surface area contributed by atoms with E-state index in [2.05, 4.69) is 9.88 Å². The Morgan fingerprint density at radius 3 is 3.18 bits per heavy atom. The number of hydrogen-bond acceptors (Lipinski definition) is 5. The van der Waals surface area contributed by atoms with Crippen LogP contribution in [0.4, 0.5) is 5.13 Å². The molecule has 0 bridgehead atoms. The number of anilines is 1. The van der Waals surface area contributed by atoms with E-state index in [4.69, 9.17) is 10.5 Å². The Labute approximate surface area is 107 Å². The van der Waals surface area contributed by atoms with Gasteiger partial charge in [-0.25, -0.2) is 4.98 Å². The zero-order valence-electron chi connectivity index (χ0n) is 10.4. The average molecular weight is 255 g/mol. The molecule has 1 aliphatic heterocycles. The molecule has 0 saturated carbocycles. The van der Waals surface area contributed by atoms with Gasteiger partial charge in [0.05, 0.1) is 6.61 Å². The molecule has 5 heteroatoms. The normalized spacial score (nSPS) is 22.5. The van der Waals surface area contributed by atoms with Crippen LogP contribution in [0.2, 0.25) is 0 Å². The fourth-order valence-electron chi connectivity index (χ4n) is 2.45. The van der Waals surface area contributed by atoms with Gasteiger partial charge in [0.25, 0.3) is 0 Å². The van der Waals surface area contributed by atoms with Crippen molar-refractivity contribution in [3.05, 3.63) is 11.1 Å². The smallest absolute Gasteiger partial charge is 0.180 e. The van der Waals surface area contributed by atoms with Crippen LogP contribution in [0.3, 0.4) is 0 Å². The summed E-state index contributed by atoms with van der Waals surface area (Å²) in [5.41, 5.74) is 5.66. The van der Waals surface area contributed by atoms with Crippen LogP contribution < -0.4 is 5.73 Å². The molecule has 1 atom stereocenters. The minimum atomic E-state index is 0.670. The van der Waals surface area contributed by atoms with E-state index in [1.165, 1.54) is 30.7 Å². The Balaban J connectivity index is 1.90. The Morgan fingerprint density at radius 1 is 1.59 bits per heavy atom. The van der Waals surface area contributed by atoms with Gasteiger partial charge in [-0.2, -0.15) is 0 Å². The van der Waals surface area contributed by atoms with Crippen molar-refractivity contribution >= 4 is 16.5 Å². The number of nitrogens with two attached hydrogens (primary N) is 1. The van der Waals surface area contributed by atoms with Gasteiger partial charge >= 0.3 is 0 Å². The van der Waals surface area contributed by atoms with Gasteiger partial charge in [0.1, 0.15) is 0 Å². The highest BCUT2D eigenvalue weighted by molar-refractivity contribution is 7.15. The van der Waals surface area contributed by atoms with Crippen LogP contribution in [-0.2, 0) is 11.3 Å². The lowest BCUT2D eigenvalue weighted by Crippen LogP contribution is -2.29. The molecule has 17 heavy (non-hydrogen) atoms. The molecule has 0 amide bonds. The van der Waals surface area contributed by atoms with Gasteiger partial charge in [-0.1, -0.05) is 6.42 Å². The van der Waals surface area contributed by atoms with E-state index in [-0.39, 0.29) is 0 Å². The van der Waals surface area contributed by atoms with Crippen molar-refractivity contribution in [2.75, 3.05) is 32.5 Å². The predicted octanol–water partition coefficient (Wildman–Crippen LogP) is 1.97. The summed E-state index contributed by atoms with van der Waals surface area (Å²) in [6, 6.07) is 0. The number of aromatic nitrogens is 1. The predicted molar refractivity (Wildman–Crippen MR) is 71.0 cm³/mol. The van der Waals surface area contributed by atoms with E-state index in [1.807, 2.05) is 6.20 Å². The van der Waals surface area contributed by atoms with E-state index in [1.54, 1.807) is 18.4 Å². The highest BCUT2D eigenvalue weighted by atomic mass is 32.1. The number of methoxy groups -OCH3 is 1. The molecule has 0 aliphatic carbocycles. The number of hydrogen-bond donors (Lipinski definition) is 1.